The summed E-state index contributed by atoms with van der Waals surface area (Å²) in [5, 5.41) is 4.69. The lowest BCUT2D eigenvalue weighted by Gasteiger charge is -2.15. The number of halogens is 6. The molecule has 1 heterocycles. The monoisotopic (exact) mass is 360 g/mol. The Kier molecular flexibility index (Phi) is 6.18. The second-order valence-electron chi connectivity index (χ2n) is 4.87. The molecule has 130 valence electrons. The molecule has 1 fully saturated rings. The van der Waals surface area contributed by atoms with Crippen molar-refractivity contribution >= 4 is 18.3 Å². The minimum atomic E-state index is -4.85. The highest BCUT2D eigenvalue weighted by Gasteiger charge is 2.42. The smallest absolute Gasteiger partial charge is 0.405 e. The zero-order valence-corrected chi connectivity index (χ0v) is 12.4. The Morgan fingerprint density at radius 1 is 1.35 bits per heavy atom. The number of hydrogen-bond acceptors (Lipinski definition) is 3. The first-order valence-corrected chi connectivity index (χ1v) is 6.39. The molecular weight excluding hydrogens is 347 g/mol. The number of ether oxygens (including phenoxy) is 1. The van der Waals surface area contributed by atoms with Crippen LogP contribution in [-0.4, -0.2) is 30.8 Å². The highest BCUT2D eigenvalue weighted by atomic mass is 35.5. The van der Waals surface area contributed by atoms with Gasteiger partial charge in [0.1, 0.15) is 5.75 Å². The molecule has 1 atom stereocenters. The molecule has 0 bridgehead atoms. The van der Waals surface area contributed by atoms with Gasteiger partial charge in [-0.15, -0.1) is 25.6 Å². The van der Waals surface area contributed by atoms with Crippen LogP contribution in [0, 0.1) is 0 Å². The fourth-order valence-electron chi connectivity index (χ4n) is 2.08. The number of rotatable bonds is 4. The average Bonchev–Trinajstić information content (AvgIpc) is 2.76. The molecular formula is C13H14ClF5N2O2. The molecule has 1 unspecified atom stereocenters. The van der Waals surface area contributed by atoms with Gasteiger partial charge in [0.05, 0.1) is 12.6 Å². The van der Waals surface area contributed by atoms with Crippen molar-refractivity contribution in [2.24, 2.45) is 0 Å². The molecule has 23 heavy (non-hydrogen) atoms. The number of alkyl halides is 5. The molecule has 1 aliphatic rings. The summed E-state index contributed by atoms with van der Waals surface area (Å²) in [6, 6.07) is 4.22. The quantitative estimate of drug-likeness (QED) is 0.812. The summed E-state index contributed by atoms with van der Waals surface area (Å²) in [4.78, 5) is 11.7. The van der Waals surface area contributed by atoms with Crippen LogP contribution in [0.2, 0.25) is 0 Å². The van der Waals surface area contributed by atoms with Gasteiger partial charge < -0.3 is 10.1 Å². The highest BCUT2D eigenvalue weighted by molar-refractivity contribution is 5.85. The first kappa shape index (κ1) is 19.4. The molecule has 2 N–H and O–H groups in total. The molecule has 1 aromatic rings. The second kappa shape index (κ2) is 7.31. The van der Waals surface area contributed by atoms with Crippen molar-refractivity contribution in [3.63, 3.8) is 0 Å². The van der Waals surface area contributed by atoms with E-state index >= 15 is 0 Å². The Labute approximate surface area is 134 Å². The van der Waals surface area contributed by atoms with Gasteiger partial charge in [0.2, 0.25) is 5.91 Å². The van der Waals surface area contributed by atoms with Crippen molar-refractivity contribution in [3.05, 3.63) is 29.8 Å². The fourth-order valence-corrected chi connectivity index (χ4v) is 2.08. The summed E-state index contributed by atoms with van der Waals surface area (Å²) in [5.74, 6) is -4.10. The molecule has 0 aliphatic carbocycles. The first-order chi connectivity index (χ1) is 10.2. The molecule has 0 saturated carbocycles. The summed E-state index contributed by atoms with van der Waals surface area (Å²) in [6.45, 7) is -0.853. The van der Waals surface area contributed by atoms with Crippen LogP contribution < -0.4 is 15.4 Å². The first-order valence-electron chi connectivity index (χ1n) is 6.39. The summed E-state index contributed by atoms with van der Waals surface area (Å²) in [6.07, 6.45) is -5.49. The normalized spacial score (nSPS) is 19.8. The number of hydrogen-bond donors (Lipinski definition) is 2. The van der Waals surface area contributed by atoms with Crippen molar-refractivity contribution in [1.82, 2.24) is 10.6 Å². The predicted octanol–water partition coefficient (Wildman–Crippen LogP) is 2.62. The van der Waals surface area contributed by atoms with E-state index < -0.39 is 42.9 Å². The van der Waals surface area contributed by atoms with Crippen LogP contribution in [0.3, 0.4) is 0 Å². The third-order valence-electron chi connectivity index (χ3n) is 3.08. The molecule has 0 radical (unpaired) electrons. The van der Waals surface area contributed by atoms with E-state index in [1.54, 1.807) is 0 Å². The largest absolute Gasteiger partial charge is 0.573 e. The van der Waals surface area contributed by atoms with Gasteiger partial charge in [-0.05, 0) is 6.07 Å². The van der Waals surface area contributed by atoms with Crippen LogP contribution >= 0.6 is 12.4 Å². The van der Waals surface area contributed by atoms with Crippen LogP contribution in [0.4, 0.5) is 22.0 Å². The van der Waals surface area contributed by atoms with Gasteiger partial charge in [0.25, 0.3) is 5.92 Å². The maximum Gasteiger partial charge on any atom is 0.573 e. The van der Waals surface area contributed by atoms with Gasteiger partial charge >= 0.3 is 6.36 Å². The van der Waals surface area contributed by atoms with Crippen molar-refractivity contribution in [2.75, 3.05) is 6.54 Å². The summed E-state index contributed by atoms with van der Waals surface area (Å²) < 4.78 is 66.5. The molecule has 1 saturated heterocycles. The van der Waals surface area contributed by atoms with Crippen molar-refractivity contribution in [3.8, 4) is 5.75 Å². The molecule has 4 nitrogen and oxygen atoms in total. The molecule has 1 amide bonds. The van der Waals surface area contributed by atoms with Crippen molar-refractivity contribution in [2.45, 2.75) is 31.3 Å². The van der Waals surface area contributed by atoms with E-state index in [0.717, 1.165) is 6.07 Å². The average molecular weight is 361 g/mol. The Morgan fingerprint density at radius 2 is 2.00 bits per heavy atom. The molecule has 0 aromatic heterocycles. The number of para-hydroxylation sites is 1. The van der Waals surface area contributed by atoms with E-state index in [4.69, 9.17) is 0 Å². The number of nitrogens with one attached hydrogen (secondary N) is 2. The van der Waals surface area contributed by atoms with Gasteiger partial charge in [0, 0.05) is 18.5 Å². The maximum atomic E-state index is 13.0. The van der Waals surface area contributed by atoms with Gasteiger partial charge in [-0.25, -0.2) is 8.78 Å². The van der Waals surface area contributed by atoms with E-state index in [1.807, 2.05) is 0 Å². The zero-order valence-electron chi connectivity index (χ0n) is 11.6. The lowest BCUT2D eigenvalue weighted by molar-refractivity contribution is -0.274. The van der Waals surface area contributed by atoms with Gasteiger partial charge in [0.15, 0.2) is 0 Å². The Balaban J connectivity index is 0.00000264. The predicted molar refractivity (Wildman–Crippen MR) is 73.6 cm³/mol. The lowest BCUT2D eigenvalue weighted by Crippen LogP contribution is -2.40. The van der Waals surface area contributed by atoms with Crippen LogP contribution in [0.5, 0.6) is 5.75 Å². The lowest BCUT2D eigenvalue weighted by atomic mass is 10.1. The maximum absolute atomic E-state index is 13.0. The van der Waals surface area contributed by atoms with E-state index in [2.05, 4.69) is 15.4 Å². The van der Waals surface area contributed by atoms with E-state index in [1.165, 1.54) is 18.2 Å². The van der Waals surface area contributed by atoms with Crippen LogP contribution in [0.25, 0.3) is 0 Å². The molecule has 2 rings (SSSR count). The van der Waals surface area contributed by atoms with E-state index in [0.29, 0.717) is 0 Å². The number of amides is 1. The second-order valence-corrected chi connectivity index (χ2v) is 4.87. The molecule has 1 aromatic carbocycles. The SMILES string of the molecule is Cl.O=C(NCc1ccccc1OC(F)(F)F)C1CC(F)(F)CN1. The topological polar surface area (TPSA) is 50.4 Å². The van der Waals surface area contributed by atoms with Crippen LogP contribution in [-0.2, 0) is 11.3 Å². The zero-order chi connectivity index (χ0) is 16.4. The summed E-state index contributed by atoms with van der Waals surface area (Å²) in [5.41, 5.74) is 0.0953. The van der Waals surface area contributed by atoms with Gasteiger partial charge in [-0.1, -0.05) is 18.2 Å². The van der Waals surface area contributed by atoms with Crippen molar-refractivity contribution in [1.29, 1.82) is 0 Å². The molecule has 10 heteroatoms. The molecule has 1 aliphatic heterocycles. The Bertz CT molecular complexity index is 553. The minimum absolute atomic E-state index is 0. The highest BCUT2D eigenvalue weighted by Crippen LogP contribution is 2.27. The number of carbonyl (C=O) groups excluding carboxylic acids is 1. The fraction of sp³-hybridized carbons (Fsp3) is 0.462. The van der Waals surface area contributed by atoms with Gasteiger partial charge in [-0.2, -0.15) is 0 Å². The number of benzene rings is 1. The minimum Gasteiger partial charge on any atom is -0.405 e. The molecule has 0 spiro atoms. The van der Waals surface area contributed by atoms with Crippen LogP contribution in [0.1, 0.15) is 12.0 Å². The third-order valence-corrected chi connectivity index (χ3v) is 3.08. The van der Waals surface area contributed by atoms with Crippen molar-refractivity contribution < 1.29 is 31.5 Å². The van der Waals surface area contributed by atoms with E-state index in [9.17, 15) is 26.7 Å². The van der Waals surface area contributed by atoms with Crippen LogP contribution in [0.15, 0.2) is 24.3 Å². The Hall–Kier alpha value is -1.61. The standard InChI is InChI=1S/C13H13F5N2O2.ClH/c14-12(15)5-9(20-7-12)11(21)19-6-8-3-1-2-4-10(8)22-13(16,17)18;/h1-4,9,20H,5-7H2,(H,19,21);1H. The number of carbonyl (C=O) groups is 1. The van der Waals surface area contributed by atoms with Gasteiger partial charge in [-0.3, -0.25) is 10.1 Å². The van der Waals surface area contributed by atoms with E-state index in [-0.39, 0.29) is 24.5 Å². The Morgan fingerprint density at radius 3 is 2.57 bits per heavy atom. The summed E-state index contributed by atoms with van der Waals surface area (Å²) >= 11 is 0. The third kappa shape index (κ3) is 5.83. The summed E-state index contributed by atoms with van der Waals surface area (Å²) in [7, 11) is 0.